The van der Waals surface area contributed by atoms with E-state index in [0.29, 0.717) is 6.42 Å². The Balaban J connectivity index is 1.75. The Morgan fingerprint density at radius 2 is 2.00 bits per heavy atom. The average Bonchev–Trinajstić information content (AvgIpc) is 2.63. The standard InChI is InChI=1S/C11H15Cl2NO5S/c1-10(6-11(10,12)13)9(16)19-4-8(15)14-7-2-3-20(17,18)5-7/h7H,2-6H2,1H3,(H,14,15)/t7-,10+/m0/s1. The third-order valence-corrected chi connectivity index (χ3v) is 6.51. The maximum Gasteiger partial charge on any atom is 0.315 e. The lowest BCUT2D eigenvalue weighted by molar-refractivity contribution is -0.153. The molecule has 1 amide bonds. The summed E-state index contributed by atoms with van der Waals surface area (Å²) in [6, 6.07) is -0.414. The number of hydrogen-bond donors (Lipinski definition) is 1. The molecule has 1 aliphatic heterocycles. The van der Waals surface area contributed by atoms with E-state index in [2.05, 4.69) is 5.32 Å². The zero-order valence-electron chi connectivity index (χ0n) is 10.8. The highest BCUT2D eigenvalue weighted by molar-refractivity contribution is 7.91. The molecule has 0 bridgehead atoms. The van der Waals surface area contributed by atoms with Gasteiger partial charge < -0.3 is 10.1 Å². The Hall–Kier alpha value is -0.530. The fourth-order valence-corrected chi connectivity index (χ4v) is 4.45. The monoisotopic (exact) mass is 343 g/mol. The van der Waals surface area contributed by atoms with Crippen molar-refractivity contribution in [3.8, 4) is 0 Å². The number of carbonyl (C=O) groups excluding carboxylic acids is 2. The van der Waals surface area contributed by atoms with Crippen molar-refractivity contribution in [2.45, 2.75) is 30.1 Å². The molecule has 1 aliphatic carbocycles. The van der Waals surface area contributed by atoms with E-state index in [0.717, 1.165) is 0 Å². The molecule has 0 radical (unpaired) electrons. The molecule has 1 saturated heterocycles. The van der Waals surface area contributed by atoms with Gasteiger partial charge >= 0.3 is 5.97 Å². The van der Waals surface area contributed by atoms with Gasteiger partial charge in [0.25, 0.3) is 5.91 Å². The second kappa shape index (κ2) is 5.03. The molecule has 6 nitrogen and oxygen atoms in total. The van der Waals surface area contributed by atoms with Crippen molar-refractivity contribution in [3.05, 3.63) is 0 Å². The minimum absolute atomic E-state index is 0.0663. The van der Waals surface area contributed by atoms with Gasteiger partial charge in [0.05, 0.1) is 11.5 Å². The van der Waals surface area contributed by atoms with Crippen LogP contribution in [0, 0.1) is 5.41 Å². The van der Waals surface area contributed by atoms with Crippen molar-refractivity contribution >= 4 is 44.9 Å². The number of ether oxygens (including phenoxy) is 1. The number of alkyl halides is 2. The van der Waals surface area contributed by atoms with Gasteiger partial charge in [-0.1, -0.05) is 0 Å². The molecule has 2 fully saturated rings. The third-order valence-electron chi connectivity index (χ3n) is 3.64. The molecular weight excluding hydrogens is 329 g/mol. The van der Waals surface area contributed by atoms with Crippen molar-refractivity contribution in [2.24, 2.45) is 5.41 Å². The topological polar surface area (TPSA) is 89.5 Å². The molecule has 9 heteroatoms. The maximum atomic E-state index is 11.7. The molecule has 2 rings (SSSR count). The number of sulfone groups is 1. The maximum absolute atomic E-state index is 11.7. The predicted molar refractivity (Wildman–Crippen MR) is 73.3 cm³/mol. The van der Waals surface area contributed by atoms with Crippen LogP contribution in [-0.2, 0) is 24.2 Å². The molecule has 2 aliphatic rings. The van der Waals surface area contributed by atoms with Crippen LogP contribution < -0.4 is 5.32 Å². The molecule has 0 aromatic heterocycles. The Morgan fingerprint density at radius 3 is 2.45 bits per heavy atom. The highest BCUT2D eigenvalue weighted by Gasteiger charge is 2.69. The molecule has 0 unspecified atom stereocenters. The molecular formula is C11H15Cl2NO5S. The van der Waals surface area contributed by atoms with Gasteiger partial charge in [-0.25, -0.2) is 8.42 Å². The lowest BCUT2D eigenvalue weighted by atomic mass is 10.1. The normalized spacial score (nSPS) is 33.5. The summed E-state index contributed by atoms with van der Waals surface area (Å²) >= 11 is 11.6. The quantitative estimate of drug-likeness (QED) is 0.590. The van der Waals surface area contributed by atoms with Gasteiger partial charge in [-0.05, 0) is 13.3 Å². The van der Waals surface area contributed by atoms with Crippen LogP contribution in [0.25, 0.3) is 0 Å². The van der Waals surface area contributed by atoms with Crippen LogP contribution in [0.2, 0.25) is 0 Å². The summed E-state index contributed by atoms with van der Waals surface area (Å²) in [7, 11) is -3.06. The van der Waals surface area contributed by atoms with Crippen LogP contribution >= 0.6 is 23.2 Å². The summed E-state index contributed by atoms with van der Waals surface area (Å²) in [6.45, 7) is 1.10. The molecule has 20 heavy (non-hydrogen) atoms. The molecule has 1 heterocycles. The Kier molecular flexibility index (Phi) is 3.99. The van der Waals surface area contributed by atoms with Gasteiger partial charge in [0.2, 0.25) is 0 Å². The number of nitrogens with one attached hydrogen (secondary N) is 1. The highest BCUT2D eigenvalue weighted by Crippen LogP contribution is 2.64. The minimum atomic E-state index is -3.06. The molecule has 0 aromatic carbocycles. The van der Waals surface area contributed by atoms with E-state index in [4.69, 9.17) is 27.9 Å². The number of hydrogen-bond acceptors (Lipinski definition) is 5. The Morgan fingerprint density at radius 1 is 1.40 bits per heavy atom. The van der Waals surface area contributed by atoms with Gasteiger partial charge in [0.1, 0.15) is 9.75 Å². The lowest BCUT2D eigenvalue weighted by Crippen LogP contribution is -2.39. The molecule has 1 N–H and O–H groups in total. The van der Waals surface area contributed by atoms with Crippen LogP contribution in [0.4, 0.5) is 0 Å². The van der Waals surface area contributed by atoms with Gasteiger partial charge in [-0.3, -0.25) is 9.59 Å². The summed E-state index contributed by atoms with van der Waals surface area (Å²) < 4.78 is 26.2. The van der Waals surface area contributed by atoms with E-state index in [1.807, 2.05) is 0 Å². The predicted octanol–water partition coefficient (Wildman–Crippen LogP) is 0.417. The zero-order valence-corrected chi connectivity index (χ0v) is 13.1. The van der Waals surface area contributed by atoms with E-state index in [-0.39, 0.29) is 17.9 Å². The summed E-state index contributed by atoms with van der Waals surface area (Å²) in [5.74, 6) is -1.16. The first kappa shape index (κ1) is 15.9. The number of carbonyl (C=O) groups is 2. The number of rotatable bonds is 4. The number of amides is 1. The van der Waals surface area contributed by atoms with Crippen molar-refractivity contribution in [1.82, 2.24) is 5.32 Å². The summed E-state index contributed by atoms with van der Waals surface area (Å²) in [5.41, 5.74) is -0.979. The van der Waals surface area contributed by atoms with Crippen molar-refractivity contribution < 1.29 is 22.7 Å². The van der Waals surface area contributed by atoms with Gasteiger partial charge in [0, 0.05) is 12.5 Å². The number of esters is 1. The van der Waals surface area contributed by atoms with Crippen LogP contribution in [-0.4, -0.2) is 48.8 Å². The SMILES string of the molecule is C[C@]1(C(=O)OCC(=O)N[C@H]2CCS(=O)(=O)C2)CC1(Cl)Cl. The first-order chi connectivity index (χ1) is 9.06. The smallest absolute Gasteiger partial charge is 0.315 e. The summed E-state index contributed by atoms with van der Waals surface area (Å²) in [4.78, 5) is 23.3. The minimum Gasteiger partial charge on any atom is -0.455 e. The van der Waals surface area contributed by atoms with E-state index < -0.39 is 44.1 Å². The van der Waals surface area contributed by atoms with Crippen LogP contribution in [0.1, 0.15) is 19.8 Å². The van der Waals surface area contributed by atoms with E-state index in [1.165, 1.54) is 0 Å². The van der Waals surface area contributed by atoms with Gasteiger partial charge in [-0.2, -0.15) is 0 Å². The Bertz CT molecular complexity index is 547. The van der Waals surface area contributed by atoms with Crippen LogP contribution in [0.15, 0.2) is 0 Å². The van der Waals surface area contributed by atoms with Gasteiger partial charge in [-0.15, -0.1) is 23.2 Å². The van der Waals surface area contributed by atoms with Crippen molar-refractivity contribution in [1.29, 1.82) is 0 Å². The molecule has 2 atom stereocenters. The summed E-state index contributed by atoms with van der Waals surface area (Å²) in [6.07, 6.45) is 0.663. The Labute approximate surface area is 127 Å². The second-order valence-electron chi connectivity index (χ2n) is 5.46. The largest absolute Gasteiger partial charge is 0.455 e. The second-order valence-corrected chi connectivity index (χ2v) is 9.17. The summed E-state index contributed by atoms with van der Waals surface area (Å²) in [5, 5.41) is 2.52. The third kappa shape index (κ3) is 3.20. The lowest BCUT2D eigenvalue weighted by Gasteiger charge is -2.13. The van der Waals surface area contributed by atoms with Crippen molar-refractivity contribution in [3.63, 3.8) is 0 Å². The van der Waals surface area contributed by atoms with Crippen LogP contribution in [0.3, 0.4) is 0 Å². The first-order valence-corrected chi connectivity index (χ1v) is 8.68. The molecule has 0 aromatic rings. The highest BCUT2D eigenvalue weighted by atomic mass is 35.5. The average molecular weight is 344 g/mol. The fraction of sp³-hybridized carbons (Fsp3) is 0.818. The zero-order chi connectivity index (χ0) is 15.2. The first-order valence-electron chi connectivity index (χ1n) is 6.11. The van der Waals surface area contributed by atoms with E-state index in [9.17, 15) is 18.0 Å². The van der Waals surface area contributed by atoms with E-state index in [1.54, 1.807) is 6.92 Å². The van der Waals surface area contributed by atoms with E-state index >= 15 is 0 Å². The van der Waals surface area contributed by atoms with Gasteiger partial charge in [0.15, 0.2) is 16.4 Å². The molecule has 114 valence electrons. The fourth-order valence-electron chi connectivity index (χ4n) is 2.09. The molecule has 0 spiro atoms. The molecule has 1 saturated carbocycles. The number of halogens is 2. The van der Waals surface area contributed by atoms with Crippen molar-refractivity contribution in [2.75, 3.05) is 18.1 Å². The van der Waals surface area contributed by atoms with Crippen LogP contribution in [0.5, 0.6) is 0 Å².